The van der Waals surface area contributed by atoms with Crippen molar-refractivity contribution >= 4 is 6.16 Å². The van der Waals surface area contributed by atoms with Crippen LogP contribution < -0.4 is 0 Å². The molecule has 0 rings (SSSR count). The summed E-state index contributed by atoms with van der Waals surface area (Å²) in [5, 5.41) is 9.10. The summed E-state index contributed by atoms with van der Waals surface area (Å²) in [6.45, 7) is 6.52. The van der Waals surface area contributed by atoms with Crippen molar-refractivity contribution in [2.24, 2.45) is 0 Å². The van der Waals surface area contributed by atoms with Crippen LogP contribution in [0.25, 0.3) is 0 Å². The SMILES string of the molecule is CCCCCCCCC(CC)(CCCCCCCC)OC(=O)O. The molecular formula is C20H40O3. The second-order valence-corrected chi connectivity index (χ2v) is 6.94. The molecule has 0 bridgehead atoms. The Kier molecular flexibility index (Phi) is 14.4. The molecule has 0 saturated heterocycles. The third-order valence-electron chi connectivity index (χ3n) is 4.92. The lowest BCUT2D eigenvalue weighted by atomic mass is 9.87. The zero-order valence-electron chi connectivity index (χ0n) is 15.9. The van der Waals surface area contributed by atoms with Crippen molar-refractivity contribution in [3.05, 3.63) is 0 Å². The van der Waals surface area contributed by atoms with Crippen molar-refractivity contribution in [1.82, 2.24) is 0 Å². The van der Waals surface area contributed by atoms with Gasteiger partial charge in [0.2, 0.25) is 0 Å². The Labute approximate surface area is 144 Å². The van der Waals surface area contributed by atoms with Crippen LogP contribution in [0.15, 0.2) is 0 Å². The maximum Gasteiger partial charge on any atom is 0.506 e. The van der Waals surface area contributed by atoms with Crippen LogP contribution in [0.4, 0.5) is 4.79 Å². The Bertz CT molecular complexity index is 260. The average molecular weight is 329 g/mol. The number of unbranched alkanes of at least 4 members (excludes halogenated alkanes) is 10. The van der Waals surface area contributed by atoms with E-state index in [9.17, 15) is 4.79 Å². The van der Waals surface area contributed by atoms with Gasteiger partial charge in [0.25, 0.3) is 0 Å². The van der Waals surface area contributed by atoms with Crippen LogP contribution in [0.1, 0.15) is 117 Å². The van der Waals surface area contributed by atoms with E-state index in [-0.39, 0.29) is 0 Å². The van der Waals surface area contributed by atoms with E-state index in [1.54, 1.807) is 0 Å². The molecule has 0 aromatic rings. The molecule has 1 N–H and O–H groups in total. The molecule has 0 amide bonds. The van der Waals surface area contributed by atoms with Crippen molar-refractivity contribution in [3.63, 3.8) is 0 Å². The molecule has 3 nitrogen and oxygen atoms in total. The van der Waals surface area contributed by atoms with Gasteiger partial charge in [0.1, 0.15) is 5.60 Å². The van der Waals surface area contributed by atoms with Crippen LogP contribution >= 0.6 is 0 Å². The third kappa shape index (κ3) is 12.4. The zero-order valence-corrected chi connectivity index (χ0v) is 15.9. The zero-order chi connectivity index (χ0) is 17.4. The topological polar surface area (TPSA) is 46.5 Å². The van der Waals surface area contributed by atoms with E-state index in [0.29, 0.717) is 0 Å². The van der Waals surface area contributed by atoms with E-state index in [1.165, 1.54) is 64.2 Å². The summed E-state index contributed by atoms with van der Waals surface area (Å²) in [6.07, 6.45) is 16.3. The fourth-order valence-corrected chi connectivity index (χ4v) is 3.29. The molecule has 0 atom stereocenters. The van der Waals surface area contributed by atoms with Gasteiger partial charge >= 0.3 is 6.16 Å². The van der Waals surface area contributed by atoms with Gasteiger partial charge < -0.3 is 9.84 Å². The van der Waals surface area contributed by atoms with Gasteiger partial charge in [0.05, 0.1) is 0 Å². The maximum absolute atomic E-state index is 11.1. The Morgan fingerprint density at radius 1 is 0.739 bits per heavy atom. The first kappa shape index (κ1) is 22.3. The summed E-state index contributed by atoms with van der Waals surface area (Å²) in [4.78, 5) is 11.1. The van der Waals surface area contributed by atoms with Gasteiger partial charge in [-0.1, -0.05) is 85.0 Å². The molecule has 0 heterocycles. The van der Waals surface area contributed by atoms with Crippen molar-refractivity contribution in [3.8, 4) is 0 Å². The van der Waals surface area contributed by atoms with E-state index in [4.69, 9.17) is 9.84 Å². The largest absolute Gasteiger partial charge is 0.506 e. The van der Waals surface area contributed by atoms with Crippen LogP contribution in [0, 0.1) is 0 Å². The first-order valence-corrected chi connectivity index (χ1v) is 10.0. The summed E-state index contributed by atoms with van der Waals surface area (Å²) in [5.74, 6) is 0. The second-order valence-electron chi connectivity index (χ2n) is 6.94. The Morgan fingerprint density at radius 3 is 1.48 bits per heavy atom. The molecule has 0 radical (unpaired) electrons. The standard InChI is InChI=1S/C20H40O3/c1-4-7-9-11-13-15-17-20(6-3,23-19(21)22)18-16-14-12-10-8-5-2/h4-18H2,1-3H3,(H,21,22). The summed E-state index contributed by atoms with van der Waals surface area (Å²) < 4.78 is 5.36. The third-order valence-corrected chi connectivity index (χ3v) is 4.92. The highest BCUT2D eigenvalue weighted by Crippen LogP contribution is 2.30. The summed E-state index contributed by atoms with van der Waals surface area (Å²) >= 11 is 0. The molecule has 0 fully saturated rings. The van der Waals surface area contributed by atoms with E-state index < -0.39 is 11.8 Å². The summed E-state index contributed by atoms with van der Waals surface area (Å²) in [6, 6.07) is 0. The Hall–Kier alpha value is -0.730. The summed E-state index contributed by atoms with van der Waals surface area (Å²) in [7, 11) is 0. The van der Waals surface area contributed by atoms with Crippen molar-refractivity contribution < 1.29 is 14.6 Å². The highest BCUT2D eigenvalue weighted by atomic mass is 16.7. The minimum atomic E-state index is -1.11. The van der Waals surface area contributed by atoms with Crippen LogP contribution in [0.3, 0.4) is 0 Å². The van der Waals surface area contributed by atoms with Gasteiger partial charge in [-0.3, -0.25) is 0 Å². The van der Waals surface area contributed by atoms with Crippen molar-refractivity contribution in [2.75, 3.05) is 0 Å². The van der Waals surface area contributed by atoms with E-state index in [0.717, 1.165) is 32.1 Å². The van der Waals surface area contributed by atoms with Crippen molar-refractivity contribution in [1.29, 1.82) is 0 Å². The van der Waals surface area contributed by atoms with Crippen molar-refractivity contribution in [2.45, 2.75) is 123 Å². The van der Waals surface area contributed by atoms with Crippen LogP contribution in [0.5, 0.6) is 0 Å². The van der Waals surface area contributed by atoms with Gasteiger partial charge in [-0.05, 0) is 32.1 Å². The smallest absolute Gasteiger partial charge is 0.450 e. The average Bonchev–Trinajstić information content (AvgIpc) is 2.53. The number of ether oxygens (including phenoxy) is 1. The monoisotopic (exact) mass is 328 g/mol. The molecule has 0 aliphatic rings. The molecule has 138 valence electrons. The first-order valence-electron chi connectivity index (χ1n) is 10.0. The minimum Gasteiger partial charge on any atom is -0.450 e. The van der Waals surface area contributed by atoms with Crippen LogP contribution in [-0.2, 0) is 4.74 Å². The van der Waals surface area contributed by atoms with Gasteiger partial charge in [-0.25, -0.2) is 4.79 Å². The number of rotatable bonds is 16. The number of hydrogen-bond acceptors (Lipinski definition) is 2. The molecule has 0 unspecified atom stereocenters. The second kappa shape index (κ2) is 14.8. The molecule has 0 spiro atoms. The van der Waals surface area contributed by atoms with Crippen LogP contribution in [-0.4, -0.2) is 16.9 Å². The highest BCUT2D eigenvalue weighted by molar-refractivity contribution is 5.57. The lowest BCUT2D eigenvalue weighted by molar-refractivity contribution is -0.0353. The summed E-state index contributed by atoms with van der Waals surface area (Å²) in [5.41, 5.74) is -0.443. The predicted octanol–water partition coefficient (Wildman–Crippen LogP) is 7.33. The van der Waals surface area contributed by atoms with E-state index in [1.807, 2.05) is 0 Å². The Morgan fingerprint density at radius 2 is 1.13 bits per heavy atom. The quantitative estimate of drug-likeness (QED) is 0.238. The normalized spacial score (nSPS) is 11.6. The van der Waals surface area contributed by atoms with Gasteiger partial charge in [-0.2, -0.15) is 0 Å². The highest BCUT2D eigenvalue weighted by Gasteiger charge is 2.31. The lowest BCUT2D eigenvalue weighted by Gasteiger charge is -2.31. The molecule has 0 aliphatic carbocycles. The number of carbonyl (C=O) groups is 1. The first-order chi connectivity index (χ1) is 11.1. The molecule has 0 aromatic heterocycles. The molecular weight excluding hydrogens is 288 g/mol. The molecule has 3 heteroatoms. The predicted molar refractivity (Wildman–Crippen MR) is 98.1 cm³/mol. The van der Waals surface area contributed by atoms with Gasteiger partial charge in [0.15, 0.2) is 0 Å². The minimum absolute atomic E-state index is 0.443. The van der Waals surface area contributed by atoms with Crippen LogP contribution in [0.2, 0.25) is 0 Å². The van der Waals surface area contributed by atoms with E-state index in [2.05, 4.69) is 20.8 Å². The maximum atomic E-state index is 11.1. The van der Waals surface area contributed by atoms with Gasteiger partial charge in [-0.15, -0.1) is 0 Å². The Balaban J connectivity index is 4.15. The molecule has 0 aromatic carbocycles. The van der Waals surface area contributed by atoms with E-state index >= 15 is 0 Å². The molecule has 23 heavy (non-hydrogen) atoms. The number of hydrogen-bond donors (Lipinski definition) is 1. The fraction of sp³-hybridized carbons (Fsp3) is 0.950. The molecule has 0 saturated carbocycles. The molecule has 0 aliphatic heterocycles. The lowest BCUT2D eigenvalue weighted by Crippen LogP contribution is -2.34. The fourth-order valence-electron chi connectivity index (χ4n) is 3.29. The number of carboxylic acid groups (broad SMARTS) is 1. The van der Waals surface area contributed by atoms with Gasteiger partial charge in [0, 0.05) is 0 Å².